The van der Waals surface area contributed by atoms with Crippen LogP contribution in [0.2, 0.25) is 5.02 Å². The third kappa shape index (κ3) is 4.02. The highest BCUT2D eigenvalue weighted by Gasteiger charge is 2.32. The van der Waals surface area contributed by atoms with Crippen molar-refractivity contribution in [2.45, 2.75) is 29.5 Å². The van der Waals surface area contributed by atoms with Gasteiger partial charge in [-0.25, -0.2) is 0 Å². The van der Waals surface area contributed by atoms with Gasteiger partial charge in [0, 0.05) is 29.4 Å². The van der Waals surface area contributed by atoms with Gasteiger partial charge in [-0.2, -0.15) is 0 Å². The molecule has 2 heterocycles. The Balaban J connectivity index is 1.46. The molecule has 0 radical (unpaired) electrons. The second-order valence-electron chi connectivity index (χ2n) is 6.98. The number of amides is 2. The fourth-order valence-electron chi connectivity index (χ4n) is 3.64. The molecule has 0 aromatic heterocycles. The number of nitrogens with zero attached hydrogens (tertiary/aromatic N) is 1. The number of benzene rings is 2. The lowest BCUT2D eigenvalue weighted by Gasteiger charge is -2.31. The Morgan fingerprint density at radius 2 is 1.93 bits per heavy atom. The molecule has 0 saturated carbocycles. The van der Waals surface area contributed by atoms with Gasteiger partial charge in [-0.3, -0.25) is 9.59 Å². The molecule has 2 aliphatic rings. The van der Waals surface area contributed by atoms with Crippen LogP contribution in [0, 0.1) is 0 Å². The maximum Gasteiger partial charge on any atom is 0.238 e. The van der Waals surface area contributed by atoms with Gasteiger partial charge in [0.25, 0.3) is 0 Å². The highest BCUT2D eigenvalue weighted by molar-refractivity contribution is 8.01. The smallest absolute Gasteiger partial charge is 0.238 e. The Hall–Kier alpha value is -2.38. The molecule has 0 aliphatic carbocycles. The number of thioether (sulfide) groups is 1. The maximum atomic E-state index is 12.9. The number of ether oxygens (including phenoxy) is 2. The predicted molar refractivity (Wildman–Crippen MR) is 113 cm³/mol. The van der Waals surface area contributed by atoms with Gasteiger partial charge < -0.3 is 19.7 Å². The summed E-state index contributed by atoms with van der Waals surface area (Å²) in [6.45, 7) is 1.12. The highest BCUT2D eigenvalue weighted by Crippen LogP contribution is 2.39. The summed E-state index contributed by atoms with van der Waals surface area (Å²) < 4.78 is 10.7. The molecule has 2 aromatic carbocycles. The number of methoxy groups -OCH3 is 2. The van der Waals surface area contributed by atoms with Gasteiger partial charge in [-0.05, 0) is 47.9 Å². The van der Waals surface area contributed by atoms with Crippen LogP contribution in [-0.4, -0.2) is 42.7 Å². The van der Waals surface area contributed by atoms with E-state index in [-0.39, 0.29) is 18.2 Å². The van der Waals surface area contributed by atoms with E-state index in [4.69, 9.17) is 21.1 Å². The predicted octanol–water partition coefficient (Wildman–Crippen LogP) is 3.75. The van der Waals surface area contributed by atoms with Crippen LogP contribution in [0.25, 0.3) is 0 Å². The van der Waals surface area contributed by atoms with E-state index in [2.05, 4.69) is 5.32 Å². The van der Waals surface area contributed by atoms with Crippen molar-refractivity contribution in [2.75, 3.05) is 26.1 Å². The molecule has 0 fully saturated rings. The van der Waals surface area contributed by atoms with Gasteiger partial charge >= 0.3 is 0 Å². The van der Waals surface area contributed by atoms with Gasteiger partial charge in [-0.15, -0.1) is 11.8 Å². The van der Waals surface area contributed by atoms with Gasteiger partial charge in [0.05, 0.1) is 25.2 Å². The van der Waals surface area contributed by atoms with Crippen molar-refractivity contribution in [1.82, 2.24) is 4.90 Å². The van der Waals surface area contributed by atoms with E-state index in [0.717, 1.165) is 22.4 Å². The molecule has 2 amide bonds. The molecular weight excluding hydrogens is 412 g/mol. The Morgan fingerprint density at radius 1 is 1.21 bits per heavy atom. The molecule has 29 heavy (non-hydrogen) atoms. The SMILES string of the molecule is COc1cc2c(cc1OC)CN(C(=O)C[C@@H]1Sc3ccc(Cl)cc3NC1=O)CC2. The van der Waals surface area contributed by atoms with Crippen LogP contribution in [0.3, 0.4) is 0 Å². The Kier molecular flexibility index (Phi) is 5.61. The van der Waals surface area contributed by atoms with Crippen LogP contribution in [0.5, 0.6) is 11.5 Å². The first-order valence-electron chi connectivity index (χ1n) is 9.27. The summed E-state index contributed by atoms with van der Waals surface area (Å²) in [5, 5.41) is 2.97. The average Bonchev–Trinajstić information content (AvgIpc) is 2.72. The van der Waals surface area contributed by atoms with Crippen molar-refractivity contribution in [3.05, 3.63) is 46.5 Å². The van der Waals surface area contributed by atoms with E-state index in [1.807, 2.05) is 18.2 Å². The van der Waals surface area contributed by atoms with E-state index >= 15 is 0 Å². The lowest BCUT2D eigenvalue weighted by Crippen LogP contribution is -2.40. The van der Waals surface area contributed by atoms with Crippen LogP contribution in [0.4, 0.5) is 5.69 Å². The van der Waals surface area contributed by atoms with Crippen LogP contribution in [0.1, 0.15) is 17.5 Å². The van der Waals surface area contributed by atoms with Gasteiger partial charge in [-0.1, -0.05) is 11.6 Å². The number of fused-ring (bicyclic) bond motifs is 2. The molecule has 0 unspecified atom stereocenters. The van der Waals surface area contributed by atoms with Crippen molar-refractivity contribution >= 4 is 40.9 Å². The van der Waals surface area contributed by atoms with Crippen molar-refractivity contribution in [3.63, 3.8) is 0 Å². The van der Waals surface area contributed by atoms with Gasteiger partial charge in [0.15, 0.2) is 11.5 Å². The molecule has 2 aliphatic heterocycles. The molecule has 8 heteroatoms. The zero-order chi connectivity index (χ0) is 20.5. The van der Waals surface area contributed by atoms with Gasteiger partial charge in [0.1, 0.15) is 0 Å². The summed E-state index contributed by atoms with van der Waals surface area (Å²) in [6, 6.07) is 9.28. The van der Waals surface area contributed by atoms with Crippen molar-refractivity contribution < 1.29 is 19.1 Å². The lowest BCUT2D eigenvalue weighted by molar-refractivity contribution is -0.133. The number of carbonyl (C=O) groups excluding carboxylic acids is 2. The first kappa shape index (κ1) is 19.9. The molecule has 152 valence electrons. The average molecular weight is 433 g/mol. The van der Waals surface area contributed by atoms with E-state index in [1.165, 1.54) is 11.8 Å². The minimum absolute atomic E-state index is 0.0319. The largest absolute Gasteiger partial charge is 0.493 e. The molecule has 0 saturated heterocycles. The molecule has 0 spiro atoms. The zero-order valence-corrected chi connectivity index (χ0v) is 17.7. The Labute approximate surface area is 178 Å². The number of hydrogen-bond donors (Lipinski definition) is 1. The zero-order valence-electron chi connectivity index (χ0n) is 16.2. The van der Waals surface area contributed by atoms with Crippen molar-refractivity contribution in [1.29, 1.82) is 0 Å². The van der Waals surface area contributed by atoms with Gasteiger partial charge in [0.2, 0.25) is 11.8 Å². The second kappa shape index (κ2) is 8.16. The van der Waals surface area contributed by atoms with Crippen molar-refractivity contribution in [2.24, 2.45) is 0 Å². The number of rotatable bonds is 4. The third-order valence-corrected chi connectivity index (χ3v) is 6.70. The fraction of sp³-hybridized carbons (Fsp3) is 0.333. The number of hydrogen-bond acceptors (Lipinski definition) is 5. The molecular formula is C21H21ClN2O4S. The summed E-state index contributed by atoms with van der Waals surface area (Å²) in [5.74, 6) is 1.15. The van der Waals surface area contributed by atoms with Crippen LogP contribution in [-0.2, 0) is 22.6 Å². The van der Waals surface area contributed by atoms with Crippen LogP contribution in [0.15, 0.2) is 35.2 Å². The molecule has 2 aromatic rings. The quantitative estimate of drug-likeness (QED) is 0.797. The minimum Gasteiger partial charge on any atom is -0.493 e. The summed E-state index contributed by atoms with van der Waals surface area (Å²) in [6.07, 6.45) is 0.897. The Bertz CT molecular complexity index is 981. The number of nitrogens with one attached hydrogen (secondary N) is 1. The molecule has 1 N–H and O–H groups in total. The normalized spacial score (nSPS) is 17.8. The van der Waals surface area contributed by atoms with E-state index in [0.29, 0.717) is 35.3 Å². The first-order valence-corrected chi connectivity index (χ1v) is 10.5. The molecule has 0 bridgehead atoms. The summed E-state index contributed by atoms with van der Waals surface area (Å²) in [7, 11) is 3.21. The number of carbonyl (C=O) groups is 2. The minimum atomic E-state index is -0.456. The highest BCUT2D eigenvalue weighted by atomic mass is 35.5. The maximum absolute atomic E-state index is 12.9. The topological polar surface area (TPSA) is 67.9 Å². The van der Waals surface area contributed by atoms with Crippen LogP contribution < -0.4 is 14.8 Å². The molecule has 6 nitrogen and oxygen atoms in total. The van der Waals surface area contributed by atoms with Crippen LogP contribution >= 0.6 is 23.4 Å². The monoisotopic (exact) mass is 432 g/mol. The fourth-order valence-corrected chi connectivity index (χ4v) is 4.89. The molecule has 4 rings (SSSR count). The lowest BCUT2D eigenvalue weighted by atomic mass is 9.98. The summed E-state index contributed by atoms with van der Waals surface area (Å²) >= 11 is 7.40. The van der Waals surface area contributed by atoms with E-state index in [9.17, 15) is 9.59 Å². The summed E-state index contributed by atoms with van der Waals surface area (Å²) in [4.78, 5) is 28.1. The third-order valence-electron chi connectivity index (χ3n) is 5.19. The molecule has 1 atom stereocenters. The second-order valence-corrected chi connectivity index (χ2v) is 8.66. The number of halogens is 1. The standard InChI is InChI=1S/C21H21ClN2O4S/c1-27-16-7-12-5-6-24(11-13(12)8-17(16)28-2)20(25)10-19-21(26)23-15-9-14(22)3-4-18(15)29-19/h3-4,7-9,19H,5-6,10-11H2,1-2H3,(H,23,26)/t19-/m0/s1. The van der Waals surface area contributed by atoms with Crippen molar-refractivity contribution in [3.8, 4) is 11.5 Å². The first-order chi connectivity index (χ1) is 14.0. The number of anilines is 1. The Morgan fingerprint density at radius 3 is 2.66 bits per heavy atom. The summed E-state index contributed by atoms with van der Waals surface area (Å²) in [5.41, 5.74) is 2.90. The van der Waals surface area contributed by atoms with E-state index < -0.39 is 5.25 Å². The van der Waals surface area contributed by atoms with E-state index in [1.54, 1.807) is 31.3 Å².